The minimum absolute atomic E-state index is 0. The average molecular weight is 547 g/mol. The molecule has 1 aromatic heterocycles. The molecule has 0 spiro atoms. The topological polar surface area (TPSA) is 99.7 Å². The summed E-state index contributed by atoms with van der Waals surface area (Å²) >= 11 is 0. The van der Waals surface area contributed by atoms with Crippen molar-refractivity contribution in [1.82, 2.24) is 20.2 Å². The summed E-state index contributed by atoms with van der Waals surface area (Å²) in [6.07, 6.45) is 4.09. The molecular formula is C20H30IN5O3S. The van der Waals surface area contributed by atoms with Crippen LogP contribution < -0.4 is 5.32 Å². The van der Waals surface area contributed by atoms with Gasteiger partial charge in [0.05, 0.1) is 23.2 Å². The lowest BCUT2D eigenvalue weighted by Gasteiger charge is -2.36. The van der Waals surface area contributed by atoms with Crippen molar-refractivity contribution in [1.29, 1.82) is 0 Å². The molecule has 30 heavy (non-hydrogen) atoms. The lowest BCUT2D eigenvalue weighted by molar-refractivity contribution is 0.0754. The summed E-state index contributed by atoms with van der Waals surface area (Å²) in [5, 5.41) is 3.24. The third kappa shape index (κ3) is 5.73. The Morgan fingerprint density at radius 3 is 2.57 bits per heavy atom. The van der Waals surface area contributed by atoms with Gasteiger partial charge in [0.2, 0.25) is 0 Å². The highest BCUT2D eigenvalue weighted by Gasteiger charge is 2.42. The van der Waals surface area contributed by atoms with Gasteiger partial charge in [0, 0.05) is 40.1 Å². The maximum Gasteiger partial charge on any atom is 0.193 e. The van der Waals surface area contributed by atoms with E-state index in [-0.39, 0.29) is 24.0 Å². The number of nitrogens with zero attached hydrogens (tertiary/aromatic N) is 3. The Kier molecular flexibility index (Phi) is 8.68. The zero-order chi connectivity index (χ0) is 20.9. The van der Waals surface area contributed by atoms with Crippen LogP contribution in [0.4, 0.5) is 0 Å². The molecule has 1 fully saturated rings. The highest BCUT2D eigenvalue weighted by atomic mass is 127. The van der Waals surface area contributed by atoms with Crippen molar-refractivity contribution in [3.63, 3.8) is 0 Å². The van der Waals surface area contributed by atoms with Gasteiger partial charge in [-0.2, -0.15) is 0 Å². The average Bonchev–Trinajstić information content (AvgIpc) is 3.17. The van der Waals surface area contributed by atoms with E-state index < -0.39 is 14.6 Å². The third-order valence-electron chi connectivity index (χ3n) is 5.43. The van der Waals surface area contributed by atoms with Crippen LogP contribution in [0.5, 0.6) is 0 Å². The molecule has 0 radical (unpaired) electrons. The summed E-state index contributed by atoms with van der Waals surface area (Å²) in [5.74, 6) is 1.43. The standard InChI is InChI=1S/C20H29N5O3S.HI/c1-21-19(23-15-20(29(3,26)27)9-11-28-12-10-20)25(2)14-18-22-13-17(24-18)16-7-5-4-6-8-16;/h4-8,13H,9-12,14-15H2,1-3H3,(H,21,23)(H,22,24);1H. The normalized spacial score (nSPS) is 16.6. The summed E-state index contributed by atoms with van der Waals surface area (Å²) in [7, 11) is 0.350. The summed E-state index contributed by atoms with van der Waals surface area (Å²) in [4.78, 5) is 14.0. The summed E-state index contributed by atoms with van der Waals surface area (Å²) < 4.78 is 29.4. The first-order valence-corrected chi connectivity index (χ1v) is 11.5. The molecule has 2 N–H and O–H groups in total. The number of nitrogens with one attached hydrogen (secondary N) is 2. The summed E-state index contributed by atoms with van der Waals surface area (Å²) in [6.45, 7) is 1.73. The Morgan fingerprint density at radius 1 is 1.30 bits per heavy atom. The van der Waals surface area contributed by atoms with Gasteiger partial charge in [-0.05, 0) is 18.4 Å². The predicted octanol–water partition coefficient (Wildman–Crippen LogP) is 2.30. The molecule has 8 nitrogen and oxygen atoms in total. The van der Waals surface area contributed by atoms with Crippen molar-refractivity contribution in [3.8, 4) is 11.3 Å². The van der Waals surface area contributed by atoms with Crippen LogP contribution >= 0.6 is 24.0 Å². The fourth-order valence-electron chi connectivity index (χ4n) is 3.55. The molecule has 0 amide bonds. The minimum atomic E-state index is -3.24. The molecule has 1 saturated heterocycles. The van der Waals surface area contributed by atoms with E-state index in [0.717, 1.165) is 17.1 Å². The van der Waals surface area contributed by atoms with Crippen molar-refractivity contribution in [3.05, 3.63) is 42.4 Å². The van der Waals surface area contributed by atoms with Crippen LogP contribution in [0.15, 0.2) is 41.5 Å². The monoisotopic (exact) mass is 547 g/mol. The number of aromatic amines is 1. The number of imidazole rings is 1. The lowest BCUT2D eigenvalue weighted by atomic mass is 9.99. The van der Waals surface area contributed by atoms with Crippen LogP contribution in [0.2, 0.25) is 0 Å². The molecule has 0 aliphatic carbocycles. The number of guanidine groups is 1. The smallest absolute Gasteiger partial charge is 0.193 e. The number of H-pyrrole nitrogens is 1. The molecule has 10 heteroatoms. The fourth-order valence-corrected chi connectivity index (χ4v) is 4.80. The maximum absolute atomic E-state index is 12.4. The lowest BCUT2D eigenvalue weighted by Crippen LogP contribution is -2.53. The third-order valence-corrected chi connectivity index (χ3v) is 7.56. The first-order chi connectivity index (χ1) is 13.8. The molecule has 166 valence electrons. The van der Waals surface area contributed by atoms with Gasteiger partial charge in [0.1, 0.15) is 5.82 Å². The molecule has 0 atom stereocenters. The van der Waals surface area contributed by atoms with E-state index in [1.54, 1.807) is 7.05 Å². The minimum Gasteiger partial charge on any atom is -0.381 e. The summed E-state index contributed by atoms with van der Waals surface area (Å²) in [5.41, 5.74) is 2.03. The largest absolute Gasteiger partial charge is 0.381 e. The number of hydrogen-bond acceptors (Lipinski definition) is 5. The quantitative estimate of drug-likeness (QED) is 0.327. The van der Waals surface area contributed by atoms with Gasteiger partial charge in [-0.3, -0.25) is 4.99 Å². The molecule has 2 heterocycles. The number of aliphatic imine (C=N–C) groups is 1. The van der Waals surface area contributed by atoms with E-state index >= 15 is 0 Å². The number of halogens is 1. The van der Waals surface area contributed by atoms with Crippen LogP contribution in [-0.2, 0) is 21.1 Å². The van der Waals surface area contributed by atoms with Gasteiger partial charge < -0.3 is 19.9 Å². The number of sulfone groups is 1. The Balaban J connectivity index is 0.00000320. The highest BCUT2D eigenvalue weighted by molar-refractivity contribution is 14.0. The SMILES string of the molecule is CN=C(NCC1(S(C)(=O)=O)CCOCC1)N(C)Cc1ncc(-c2ccccc2)[nH]1.I. The predicted molar refractivity (Wildman–Crippen MR) is 130 cm³/mol. The second-order valence-electron chi connectivity index (χ2n) is 7.43. The molecular weight excluding hydrogens is 517 g/mol. The van der Waals surface area contributed by atoms with Gasteiger partial charge in [-0.15, -0.1) is 24.0 Å². The number of ether oxygens (including phenoxy) is 1. The van der Waals surface area contributed by atoms with E-state index in [1.807, 2.05) is 48.5 Å². The van der Waals surface area contributed by atoms with E-state index in [0.29, 0.717) is 45.1 Å². The van der Waals surface area contributed by atoms with Crippen molar-refractivity contribution in [2.45, 2.75) is 24.1 Å². The van der Waals surface area contributed by atoms with E-state index in [2.05, 4.69) is 20.3 Å². The van der Waals surface area contributed by atoms with Crippen LogP contribution in [0, 0.1) is 0 Å². The number of rotatable bonds is 6. The molecule has 1 aliphatic rings. The van der Waals surface area contributed by atoms with Crippen LogP contribution in [-0.4, -0.2) is 74.1 Å². The van der Waals surface area contributed by atoms with Crippen LogP contribution in [0.3, 0.4) is 0 Å². The Hall–Kier alpha value is -1.66. The number of aromatic nitrogens is 2. The number of hydrogen-bond donors (Lipinski definition) is 2. The second kappa shape index (κ2) is 10.6. The first-order valence-electron chi connectivity index (χ1n) is 9.63. The zero-order valence-corrected chi connectivity index (χ0v) is 20.7. The molecule has 1 aromatic carbocycles. The van der Waals surface area contributed by atoms with E-state index in [4.69, 9.17) is 4.74 Å². The first kappa shape index (κ1) is 24.6. The van der Waals surface area contributed by atoms with Gasteiger partial charge in [0.25, 0.3) is 0 Å². The van der Waals surface area contributed by atoms with Crippen molar-refractivity contribution in [2.75, 3.05) is 40.1 Å². The molecule has 3 rings (SSSR count). The van der Waals surface area contributed by atoms with Crippen LogP contribution in [0.25, 0.3) is 11.3 Å². The molecule has 0 unspecified atom stereocenters. The maximum atomic E-state index is 12.4. The van der Waals surface area contributed by atoms with Crippen molar-refractivity contribution in [2.24, 2.45) is 4.99 Å². The van der Waals surface area contributed by atoms with E-state index in [9.17, 15) is 8.42 Å². The summed E-state index contributed by atoms with van der Waals surface area (Å²) in [6, 6.07) is 10.0. The van der Waals surface area contributed by atoms with E-state index in [1.165, 1.54) is 6.26 Å². The fraction of sp³-hybridized carbons (Fsp3) is 0.500. The van der Waals surface area contributed by atoms with Gasteiger partial charge in [0.15, 0.2) is 15.8 Å². The van der Waals surface area contributed by atoms with Gasteiger partial charge in [-0.25, -0.2) is 13.4 Å². The molecule has 0 bridgehead atoms. The molecule has 0 saturated carbocycles. The van der Waals surface area contributed by atoms with Crippen molar-refractivity contribution >= 4 is 39.8 Å². The second-order valence-corrected chi connectivity index (χ2v) is 9.84. The van der Waals surface area contributed by atoms with Crippen molar-refractivity contribution < 1.29 is 13.2 Å². The van der Waals surface area contributed by atoms with Crippen LogP contribution in [0.1, 0.15) is 18.7 Å². The zero-order valence-electron chi connectivity index (χ0n) is 17.6. The molecule has 1 aliphatic heterocycles. The molecule has 2 aromatic rings. The number of benzene rings is 1. The Morgan fingerprint density at radius 2 is 1.97 bits per heavy atom. The van der Waals surface area contributed by atoms with Gasteiger partial charge in [-0.1, -0.05) is 30.3 Å². The Labute approximate surface area is 195 Å². The van der Waals surface area contributed by atoms with Gasteiger partial charge >= 0.3 is 0 Å². The Bertz CT molecular complexity index is 940. The highest BCUT2D eigenvalue weighted by Crippen LogP contribution is 2.28.